The number of nitrogens with one attached hydrogen (secondary N) is 1. The maximum atomic E-state index is 12.2. The maximum absolute atomic E-state index is 12.2. The molecule has 29 heavy (non-hydrogen) atoms. The Balaban J connectivity index is 1.62. The topological polar surface area (TPSA) is 63.8 Å². The van der Waals surface area contributed by atoms with Gasteiger partial charge in [0, 0.05) is 16.9 Å². The molecule has 0 unspecified atom stereocenters. The van der Waals surface area contributed by atoms with E-state index in [0.29, 0.717) is 15.6 Å². The molecule has 1 heterocycles. The quantitative estimate of drug-likeness (QED) is 0.349. The minimum absolute atomic E-state index is 0.315. The number of hydrogen-bond donors (Lipinski definition) is 1. The number of thioether (sulfide) groups is 1. The fraction of sp³-hybridized carbons (Fsp3) is 0.143. The molecule has 2 aromatic carbocycles. The first-order valence-electron chi connectivity index (χ1n) is 8.62. The molecule has 150 valence electrons. The standard InChI is InChI=1S/C21H18Cl2N2O3S/c1-27-20-7-4-14(9-16(20)12-29-13-17-3-2-8-28-17)11-24-25-21(26)15-5-6-18(22)19(23)10-15/h2-11H,12-13H2,1H3,(H,25,26)/b24-11+. The fourth-order valence-electron chi connectivity index (χ4n) is 2.52. The normalized spacial score (nSPS) is 11.0. The second-order valence-corrected chi connectivity index (χ2v) is 7.77. The predicted octanol–water partition coefficient (Wildman–Crippen LogP) is 5.79. The molecular formula is C21H18Cl2N2O3S. The van der Waals surface area contributed by atoms with Gasteiger partial charge in [-0.3, -0.25) is 4.79 Å². The van der Waals surface area contributed by atoms with Crippen LogP contribution in [0.4, 0.5) is 0 Å². The molecule has 5 nitrogen and oxygen atoms in total. The van der Waals surface area contributed by atoms with E-state index in [-0.39, 0.29) is 5.91 Å². The van der Waals surface area contributed by atoms with E-state index >= 15 is 0 Å². The molecule has 0 atom stereocenters. The van der Waals surface area contributed by atoms with Gasteiger partial charge in [0.2, 0.25) is 0 Å². The van der Waals surface area contributed by atoms with E-state index in [9.17, 15) is 4.79 Å². The highest BCUT2D eigenvalue weighted by molar-refractivity contribution is 7.97. The molecule has 1 amide bonds. The van der Waals surface area contributed by atoms with Gasteiger partial charge in [-0.25, -0.2) is 5.43 Å². The molecule has 0 aliphatic carbocycles. The van der Waals surface area contributed by atoms with Crippen molar-refractivity contribution in [2.75, 3.05) is 7.11 Å². The molecule has 1 N–H and O–H groups in total. The van der Waals surface area contributed by atoms with Crippen molar-refractivity contribution in [2.45, 2.75) is 11.5 Å². The third-order valence-corrected chi connectivity index (χ3v) is 5.69. The number of benzene rings is 2. The molecule has 3 aromatic rings. The summed E-state index contributed by atoms with van der Waals surface area (Å²) in [5, 5.41) is 4.73. The van der Waals surface area contributed by atoms with Gasteiger partial charge < -0.3 is 9.15 Å². The minimum Gasteiger partial charge on any atom is -0.496 e. The smallest absolute Gasteiger partial charge is 0.271 e. The van der Waals surface area contributed by atoms with Gasteiger partial charge >= 0.3 is 0 Å². The average Bonchev–Trinajstić information content (AvgIpc) is 3.23. The number of hydrazone groups is 1. The lowest BCUT2D eigenvalue weighted by Gasteiger charge is -2.09. The van der Waals surface area contributed by atoms with Crippen molar-refractivity contribution < 1.29 is 13.9 Å². The van der Waals surface area contributed by atoms with E-state index < -0.39 is 0 Å². The largest absolute Gasteiger partial charge is 0.496 e. The molecule has 1 aromatic heterocycles. The van der Waals surface area contributed by atoms with E-state index in [1.807, 2.05) is 30.3 Å². The van der Waals surface area contributed by atoms with Crippen LogP contribution >= 0.6 is 35.0 Å². The SMILES string of the molecule is COc1ccc(/C=N/NC(=O)c2ccc(Cl)c(Cl)c2)cc1CSCc1ccco1. The van der Waals surface area contributed by atoms with Gasteiger partial charge in [-0.15, -0.1) is 11.8 Å². The third-order valence-electron chi connectivity index (χ3n) is 3.95. The summed E-state index contributed by atoms with van der Waals surface area (Å²) in [5.41, 5.74) is 4.73. The first kappa shape index (κ1) is 21.3. The van der Waals surface area contributed by atoms with Crippen LogP contribution < -0.4 is 10.2 Å². The summed E-state index contributed by atoms with van der Waals surface area (Å²) < 4.78 is 10.8. The van der Waals surface area contributed by atoms with Crippen LogP contribution in [0.2, 0.25) is 10.0 Å². The Morgan fingerprint density at radius 1 is 1.17 bits per heavy atom. The zero-order valence-corrected chi connectivity index (χ0v) is 17.9. The minimum atomic E-state index is -0.373. The molecule has 0 aliphatic rings. The average molecular weight is 449 g/mol. The van der Waals surface area contributed by atoms with Gasteiger partial charge in [-0.1, -0.05) is 23.2 Å². The van der Waals surface area contributed by atoms with Crippen LogP contribution in [-0.4, -0.2) is 19.2 Å². The summed E-state index contributed by atoms with van der Waals surface area (Å²) in [6, 6.07) is 14.2. The number of furan rings is 1. The van der Waals surface area contributed by atoms with Crippen molar-refractivity contribution in [3.8, 4) is 5.75 Å². The summed E-state index contributed by atoms with van der Waals surface area (Å²) in [6.07, 6.45) is 3.25. The van der Waals surface area contributed by atoms with Gasteiger partial charge in [0.25, 0.3) is 5.91 Å². The highest BCUT2D eigenvalue weighted by atomic mass is 35.5. The zero-order chi connectivity index (χ0) is 20.6. The van der Waals surface area contributed by atoms with E-state index in [4.69, 9.17) is 32.4 Å². The molecule has 0 bridgehead atoms. The number of methoxy groups -OCH3 is 1. The van der Waals surface area contributed by atoms with Crippen LogP contribution in [0.1, 0.15) is 27.2 Å². The number of carbonyl (C=O) groups is 1. The van der Waals surface area contributed by atoms with Crippen LogP contribution in [-0.2, 0) is 11.5 Å². The van der Waals surface area contributed by atoms with E-state index in [1.54, 1.807) is 43.5 Å². The van der Waals surface area contributed by atoms with E-state index in [2.05, 4.69) is 10.5 Å². The highest BCUT2D eigenvalue weighted by Gasteiger charge is 2.08. The lowest BCUT2D eigenvalue weighted by Crippen LogP contribution is -2.17. The molecule has 3 rings (SSSR count). The number of halogens is 2. The Hall–Kier alpha value is -2.41. The summed E-state index contributed by atoms with van der Waals surface area (Å²) in [7, 11) is 1.64. The number of nitrogens with zero attached hydrogens (tertiary/aromatic N) is 1. The summed E-state index contributed by atoms with van der Waals surface area (Å²) in [5.74, 6) is 2.88. The predicted molar refractivity (Wildman–Crippen MR) is 118 cm³/mol. The van der Waals surface area contributed by atoms with Gasteiger partial charge in [0.05, 0.1) is 35.4 Å². The number of ether oxygens (including phenoxy) is 1. The first-order valence-corrected chi connectivity index (χ1v) is 10.5. The van der Waals surface area contributed by atoms with E-state index in [1.165, 1.54) is 6.07 Å². The molecular weight excluding hydrogens is 431 g/mol. The van der Waals surface area contributed by atoms with Gasteiger partial charge in [-0.2, -0.15) is 5.10 Å². The van der Waals surface area contributed by atoms with Crippen LogP contribution in [0, 0.1) is 0 Å². The Morgan fingerprint density at radius 3 is 2.76 bits per heavy atom. The fourth-order valence-corrected chi connectivity index (χ4v) is 3.73. The van der Waals surface area contributed by atoms with Crippen molar-refractivity contribution in [3.63, 3.8) is 0 Å². The Labute approximate surface area is 183 Å². The lowest BCUT2D eigenvalue weighted by molar-refractivity contribution is 0.0955. The number of amides is 1. The van der Waals surface area contributed by atoms with Gasteiger partial charge in [0.15, 0.2) is 0 Å². The summed E-state index contributed by atoms with van der Waals surface area (Å²) >= 11 is 13.5. The van der Waals surface area contributed by atoms with Crippen molar-refractivity contribution >= 4 is 47.1 Å². The lowest BCUT2D eigenvalue weighted by atomic mass is 10.1. The summed E-state index contributed by atoms with van der Waals surface area (Å²) in [6.45, 7) is 0. The first-order chi connectivity index (χ1) is 14.1. The molecule has 0 saturated carbocycles. The zero-order valence-electron chi connectivity index (χ0n) is 15.5. The Kier molecular flexibility index (Phi) is 7.63. The Bertz CT molecular complexity index is 1010. The number of carbonyl (C=O) groups excluding carboxylic acids is 1. The molecule has 0 spiro atoms. The highest BCUT2D eigenvalue weighted by Crippen LogP contribution is 2.26. The van der Waals surface area contributed by atoms with Crippen molar-refractivity contribution in [3.05, 3.63) is 87.3 Å². The van der Waals surface area contributed by atoms with Crippen LogP contribution in [0.5, 0.6) is 5.75 Å². The number of hydrogen-bond acceptors (Lipinski definition) is 5. The molecule has 0 saturated heterocycles. The number of rotatable bonds is 8. The van der Waals surface area contributed by atoms with Crippen LogP contribution in [0.15, 0.2) is 64.3 Å². The molecule has 0 radical (unpaired) electrons. The molecule has 8 heteroatoms. The summed E-state index contributed by atoms with van der Waals surface area (Å²) in [4.78, 5) is 12.2. The van der Waals surface area contributed by atoms with Gasteiger partial charge in [0.1, 0.15) is 11.5 Å². The van der Waals surface area contributed by atoms with Crippen molar-refractivity contribution in [1.29, 1.82) is 0 Å². The van der Waals surface area contributed by atoms with Crippen molar-refractivity contribution in [1.82, 2.24) is 5.43 Å². The van der Waals surface area contributed by atoms with E-state index in [0.717, 1.165) is 34.1 Å². The second kappa shape index (κ2) is 10.4. The Morgan fingerprint density at radius 2 is 2.03 bits per heavy atom. The van der Waals surface area contributed by atoms with Crippen LogP contribution in [0.3, 0.4) is 0 Å². The second-order valence-electron chi connectivity index (χ2n) is 5.97. The monoisotopic (exact) mass is 448 g/mol. The maximum Gasteiger partial charge on any atom is 0.271 e. The molecule has 0 aliphatic heterocycles. The van der Waals surface area contributed by atoms with Gasteiger partial charge in [-0.05, 0) is 54.1 Å². The van der Waals surface area contributed by atoms with Crippen LogP contribution in [0.25, 0.3) is 0 Å². The molecule has 0 fully saturated rings. The van der Waals surface area contributed by atoms with Crippen molar-refractivity contribution in [2.24, 2.45) is 5.10 Å². The third kappa shape index (κ3) is 6.03.